The highest BCUT2D eigenvalue weighted by atomic mass is 16.4. The molecular formula is C40H41N3O4. The summed E-state index contributed by atoms with van der Waals surface area (Å²) < 4.78 is 2.25. The van der Waals surface area contributed by atoms with Gasteiger partial charge in [-0.2, -0.15) is 4.58 Å². The number of carbonyl (C=O) groups is 2. The summed E-state index contributed by atoms with van der Waals surface area (Å²) in [5.74, 6) is -2.09. The van der Waals surface area contributed by atoms with Crippen LogP contribution in [0.1, 0.15) is 72.4 Å². The third kappa shape index (κ3) is 5.29. The third-order valence-corrected chi connectivity index (χ3v) is 10.2. The van der Waals surface area contributed by atoms with Crippen LogP contribution in [0.4, 0.5) is 17.1 Å². The van der Waals surface area contributed by atoms with E-state index < -0.39 is 17.4 Å². The van der Waals surface area contributed by atoms with E-state index in [0.29, 0.717) is 5.56 Å². The van der Waals surface area contributed by atoms with E-state index in [1.807, 2.05) is 44.4 Å². The summed E-state index contributed by atoms with van der Waals surface area (Å²) in [5, 5.41) is 21.2. The summed E-state index contributed by atoms with van der Waals surface area (Å²) in [7, 11) is 6.18. The zero-order valence-electron chi connectivity index (χ0n) is 28.1. The van der Waals surface area contributed by atoms with Crippen LogP contribution in [-0.4, -0.2) is 48.5 Å². The highest BCUT2D eigenvalue weighted by molar-refractivity contribution is 6.12. The van der Waals surface area contributed by atoms with Gasteiger partial charge in [0.25, 0.3) is 0 Å². The lowest BCUT2D eigenvalue weighted by Gasteiger charge is -2.24. The van der Waals surface area contributed by atoms with Crippen molar-refractivity contribution < 1.29 is 24.4 Å². The Morgan fingerprint density at radius 1 is 0.745 bits per heavy atom. The quantitative estimate of drug-likeness (QED) is 0.316. The van der Waals surface area contributed by atoms with E-state index in [2.05, 4.69) is 85.6 Å². The van der Waals surface area contributed by atoms with Crippen LogP contribution in [0.2, 0.25) is 0 Å². The van der Waals surface area contributed by atoms with Crippen LogP contribution >= 0.6 is 0 Å². The summed E-state index contributed by atoms with van der Waals surface area (Å²) >= 11 is 0. The van der Waals surface area contributed by atoms with Crippen LogP contribution in [0.15, 0.2) is 114 Å². The molecule has 2 aliphatic heterocycles. The zero-order valence-corrected chi connectivity index (χ0v) is 28.1. The molecule has 6 rings (SSSR count). The smallest absolute Gasteiger partial charge is 0.335 e. The molecule has 3 aromatic rings. The number of benzene rings is 3. The Morgan fingerprint density at radius 3 is 1.68 bits per heavy atom. The Balaban J connectivity index is 1.42. The average Bonchev–Trinajstić information content (AvgIpc) is 3.60. The van der Waals surface area contributed by atoms with Gasteiger partial charge in [0.15, 0.2) is 0 Å². The van der Waals surface area contributed by atoms with E-state index in [9.17, 15) is 19.8 Å². The van der Waals surface area contributed by atoms with Crippen LogP contribution < -0.4 is 14.9 Å². The summed E-state index contributed by atoms with van der Waals surface area (Å²) in [5.41, 5.74) is 10.6. The van der Waals surface area contributed by atoms with Crippen LogP contribution in [0, 0.1) is 0 Å². The molecule has 1 fully saturated rings. The molecule has 2 heterocycles. The van der Waals surface area contributed by atoms with Gasteiger partial charge in [0, 0.05) is 71.0 Å². The molecule has 1 N–H and O–H groups in total. The number of hydrogen-bond acceptors (Lipinski definition) is 5. The largest absolute Gasteiger partial charge is 0.545 e. The van der Waals surface area contributed by atoms with Gasteiger partial charge in [-0.05, 0) is 72.0 Å². The Labute approximate surface area is 276 Å². The number of fused-ring (bicyclic) bond motifs is 2. The number of carbonyl (C=O) groups excluding carboxylic acids is 1. The lowest BCUT2D eigenvalue weighted by atomic mass is 9.83. The molecule has 3 aliphatic rings. The Hall–Kier alpha value is -5.17. The van der Waals surface area contributed by atoms with Crippen molar-refractivity contribution in [3.05, 3.63) is 136 Å². The molecule has 0 unspecified atom stereocenters. The molecule has 0 spiro atoms. The molecule has 1 saturated carbocycles. The summed E-state index contributed by atoms with van der Waals surface area (Å²) in [4.78, 5) is 27.7. The van der Waals surface area contributed by atoms with Gasteiger partial charge in [0.05, 0.1) is 11.5 Å². The van der Waals surface area contributed by atoms with Gasteiger partial charge >= 0.3 is 5.97 Å². The molecule has 0 bridgehead atoms. The number of likely N-dealkylation sites (N-methyl/N-ethyl adjacent to an activating group) is 2. The molecule has 1 aliphatic carbocycles. The molecule has 0 radical (unpaired) electrons. The lowest BCUT2D eigenvalue weighted by molar-refractivity contribution is -0.403. The molecule has 0 saturated heterocycles. The maximum Gasteiger partial charge on any atom is 0.335 e. The summed E-state index contributed by atoms with van der Waals surface area (Å²) in [6, 6.07) is 20.9. The molecule has 47 heavy (non-hydrogen) atoms. The number of aromatic carboxylic acids is 2. The normalized spacial score (nSPS) is 22.4. The molecule has 7 nitrogen and oxygen atoms in total. The van der Waals surface area contributed by atoms with E-state index in [-0.39, 0.29) is 11.0 Å². The zero-order chi connectivity index (χ0) is 33.8. The fourth-order valence-electron chi connectivity index (χ4n) is 7.54. The number of anilines is 2. The second-order valence-electron chi connectivity index (χ2n) is 13.7. The van der Waals surface area contributed by atoms with Gasteiger partial charge in [-0.15, -0.1) is 0 Å². The van der Waals surface area contributed by atoms with Gasteiger partial charge in [-0.3, -0.25) is 0 Å². The Morgan fingerprint density at radius 2 is 1.21 bits per heavy atom. The fourth-order valence-corrected chi connectivity index (χ4v) is 7.54. The number of allylic oxidation sites excluding steroid dienone is 8. The minimum Gasteiger partial charge on any atom is -0.545 e. The van der Waals surface area contributed by atoms with Crippen LogP contribution in [0.3, 0.4) is 0 Å². The van der Waals surface area contributed by atoms with Crippen molar-refractivity contribution >= 4 is 34.7 Å². The predicted octanol–water partition coefficient (Wildman–Crippen LogP) is 6.73. The standard InChI is InChI=1S/C40H41N3O4/c1-39(2)30-23-27(37(44)45)15-19-32(30)42(6)34(39)21-17-25-13-14-26(36(25)41(5)29-11-9-8-10-12-29)18-22-35-40(3,4)31-24-28(38(46)47)16-20-33(31)43(35)7/h8-12,15-24H,13-14H2,1-7H3,(H-,44,45,46,47). The third-order valence-electron chi connectivity index (χ3n) is 10.2. The number of hydrogen-bond donors (Lipinski definition) is 1. The highest BCUT2D eigenvalue weighted by Crippen LogP contribution is 2.48. The molecule has 3 aromatic carbocycles. The first-order valence-corrected chi connectivity index (χ1v) is 15.9. The van der Waals surface area contributed by atoms with Gasteiger partial charge in [-0.25, -0.2) is 4.79 Å². The summed E-state index contributed by atoms with van der Waals surface area (Å²) in [6.45, 7) is 8.55. The number of carboxylic acids is 2. The monoisotopic (exact) mass is 627 g/mol. The van der Waals surface area contributed by atoms with Gasteiger partial charge in [0.2, 0.25) is 11.4 Å². The van der Waals surface area contributed by atoms with E-state index in [1.165, 1.54) is 11.1 Å². The van der Waals surface area contributed by atoms with E-state index in [1.54, 1.807) is 24.3 Å². The first-order chi connectivity index (χ1) is 22.2. The molecule has 0 aromatic heterocycles. The van der Waals surface area contributed by atoms with Gasteiger partial charge in [-0.1, -0.05) is 64.1 Å². The first kappa shape index (κ1) is 31.8. The topological polar surface area (TPSA) is 86.9 Å². The van der Waals surface area contributed by atoms with E-state index >= 15 is 0 Å². The first-order valence-electron chi connectivity index (χ1n) is 15.9. The number of nitrogens with zero attached hydrogens (tertiary/aromatic N) is 3. The van der Waals surface area contributed by atoms with E-state index in [4.69, 9.17) is 0 Å². The SMILES string of the molecule is CN1C(=CC=C2CCC(=CC=C3N(C)c4ccc(C(=O)O)cc4C3(C)C)C2=[N+](C)c2ccccc2)C(C)(C)c2cc(C(=O)[O-])ccc21. The van der Waals surface area contributed by atoms with Crippen molar-refractivity contribution in [2.45, 2.75) is 51.4 Å². The molecule has 0 amide bonds. The van der Waals surface area contributed by atoms with Crippen molar-refractivity contribution in [2.24, 2.45) is 0 Å². The summed E-state index contributed by atoms with van der Waals surface area (Å²) in [6.07, 6.45) is 10.6. The second kappa shape index (κ2) is 11.6. The van der Waals surface area contributed by atoms with Gasteiger partial charge < -0.3 is 24.8 Å². The fraction of sp³-hybridized carbons (Fsp3) is 0.275. The van der Waals surface area contributed by atoms with Crippen molar-refractivity contribution in [3.8, 4) is 0 Å². The second-order valence-corrected chi connectivity index (χ2v) is 13.7. The van der Waals surface area contributed by atoms with Crippen LogP contribution in [0.5, 0.6) is 0 Å². The minimum atomic E-state index is -1.17. The Kier molecular flexibility index (Phi) is 7.83. The maximum absolute atomic E-state index is 11.7. The molecule has 0 atom stereocenters. The van der Waals surface area contributed by atoms with Crippen molar-refractivity contribution in [1.82, 2.24) is 0 Å². The minimum absolute atomic E-state index is 0.186. The van der Waals surface area contributed by atoms with Crippen LogP contribution in [-0.2, 0) is 10.8 Å². The van der Waals surface area contributed by atoms with Crippen molar-refractivity contribution in [3.63, 3.8) is 0 Å². The molecular weight excluding hydrogens is 586 g/mol. The highest BCUT2D eigenvalue weighted by Gasteiger charge is 2.40. The van der Waals surface area contributed by atoms with Crippen molar-refractivity contribution in [1.29, 1.82) is 0 Å². The van der Waals surface area contributed by atoms with Crippen molar-refractivity contribution in [2.75, 3.05) is 30.9 Å². The lowest BCUT2D eigenvalue weighted by Crippen LogP contribution is -2.24. The molecule has 240 valence electrons. The number of para-hydroxylation sites is 1. The number of carboxylic acid groups (broad SMARTS) is 2. The van der Waals surface area contributed by atoms with Gasteiger partial charge in [0.1, 0.15) is 7.05 Å². The average molecular weight is 628 g/mol. The maximum atomic E-state index is 11.7. The molecule has 7 heteroatoms. The van der Waals surface area contributed by atoms with E-state index in [0.717, 1.165) is 58.1 Å². The van der Waals surface area contributed by atoms with Crippen LogP contribution in [0.25, 0.3) is 0 Å². The number of rotatable bonds is 5. The Bertz CT molecular complexity index is 1860. The predicted molar refractivity (Wildman–Crippen MR) is 186 cm³/mol.